The minimum atomic E-state index is -4.51. The third-order valence-electron chi connectivity index (χ3n) is 4.02. The Morgan fingerprint density at radius 3 is 2.52 bits per heavy atom. The number of hydrogen-bond acceptors (Lipinski definition) is 5. The van der Waals surface area contributed by atoms with Crippen LogP contribution in [-0.4, -0.2) is 30.3 Å². The van der Waals surface area contributed by atoms with E-state index in [0.29, 0.717) is 22.9 Å². The van der Waals surface area contributed by atoms with E-state index in [-0.39, 0.29) is 5.02 Å². The van der Waals surface area contributed by atoms with Crippen LogP contribution in [0.1, 0.15) is 36.7 Å². The normalized spacial score (nSPS) is 13.8. The van der Waals surface area contributed by atoms with Crippen molar-refractivity contribution in [1.82, 2.24) is 19.6 Å². The molecule has 3 rings (SSSR count). The molecule has 0 amide bonds. The van der Waals surface area contributed by atoms with Crippen molar-refractivity contribution in [3.63, 3.8) is 0 Å². The molecular weight excluding hydrogens is 383 g/mol. The van der Waals surface area contributed by atoms with Crippen LogP contribution >= 0.6 is 11.6 Å². The van der Waals surface area contributed by atoms with Crippen LogP contribution in [-0.2, 0) is 6.18 Å². The molecule has 10 heteroatoms. The third kappa shape index (κ3) is 3.98. The molecule has 3 aromatic rings. The van der Waals surface area contributed by atoms with Crippen LogP contribution < -0.4 is 5.32 Å². The van der Waals surface area contributed by atoms with E-state index in [1.807, 2.05) is 0 Å². The molecule has 0 unspecified atom stereocenters. The van der Waals surface area contributed by atoms with Gasteiger partial charge in [-0.25, -0.2) is 4.98 Å². The highest BCUT2D eigenvalue weighted by Crippen LogP contribution is 2.38. The van der Waals surface area contributed by atoms with Crippen LogP contribution in [0.5, 0.6) is 0 Å². The van der Waals surface area contributed by atoms with Crippen molar-refractivity contribution in [3.8, 4) is 0 Å². The molecule has 1 atom stereocenters. The summed E-state index contributed by atoms with van der Waals surface area (Å²) in [5, 5.41) is 17.7. The summed E-state index contributed by atoms with van der Waals surface area (Å²) in [7, 11) is 0. The Labute approximate surface area is 158 Å². The molecule has 2 heterocycles. The number of aromatic nitrogens is 4. The van der Waals surface area contributed by atoms with Crippen LogP contribution in [0.4, 0.5) is 19.0 Å². The van der Waals surface area contributed by atoms with E-state index in [4.69, 9.17) is 11.6 Å². The highest BCUT2D eigenvalue weighted by Gasteiger charge is 2.34. The maximum absolute atomic E-state index is 12.9. The van der Waals surface area contributed by atoms with Crippen molar-refractivity contribution in [2.45, 2.75) is 38.6 Å². The fourth-order valence-corrected chi connectivity index (χ4v) is 3.04. The zero-order valence-corrected chi connectivity index (χ0v) is 15.5. The second-order valence-corrected chi connectivity index (χ2v) is 7.13. The maximum Gasteiger partial charge on any atom is 0.416 e. The number of aryl methyl sites for hydroxylation is 1. The quantitative estimate of drug-likeness (QED) is 0.692. The fourth-order valence-electron chi connectivity index (χ4n) is 2.75. The van der Waals surface area contributed by atoms with Gasteiger partial charge in [-0.3, -0.25) is 0 Å². The van der Waals surface area contributed by atoms with E-state index in [1.165, 1.54) is 30.8 Å². The van der Waals surface area contributed by atoms with Crippen LogP contribution in [0.25, 0.3) is 5.78 Å². The number of fused-ring (bicyclic) bond motifs is 1. The topological polar surface area (TPSA) is 75.3 Å². The number of halogens is 4. The van der Waals surface area contributed by atoms with Gasteiger partial charge < -0.3 is 10.4 Å². The summed E-state index contributed by atoms with van der Waals surface area (Å²) in [4.78, 5) is 8.26. The lowest BCUT2D eigenvalue weighted by atomic mass is 9.91. The molecule has 6 nitrogen and oxygen atoms in total. The lowest BCUT2D eigenvalue weighted by Crippen LogP contribution is -2.35. The first-order chi connectivity index (χ1) is 12.5. The van der Waals surface area contributed by atoms with Gasteiger partial charge in [-0.15, -0.1) is 0 Å². The van der Waals surface area contributed by atoms with Crippen LogP contribution in [0.2, 0.25) is 5.02 Å². The fraction of sp³-hybridized carbons (Fsp3) is 0.353. The number of aliphatic hydroxyl groups is 1. The molecule has 144 valence electrons. The molecule has 0 fully saturated rings. The lowest BCUT2D eigenvalue weighted by Gasteiger charge is -2.32. The molecule has 2 aromatic heterocycles. The molecule has 0 aliphatic carbocycles. The molecular formula is C17H17ClF3N5O. The number of anilines is 1. The predicted molar refractivity (Wildman–Crippen MR) is 94.6 cm³/mol. The van der Waals surface area contributed by atoms with Crippen molar-refractivity contribution < 1.29 is 18.3 Å². The minimum absolute atomic E-state index is 0.106. The minimum Gasteiger partial charge on any atom is -0.388 e. The van der Waals surface area contributed by atoms with Crippen molar-refractivity contribution in [2.75, 3.05) is 5.32 Å². The number of benzene rings is 1. The number of alkyl halides is 3. The summed E-state index contributed by atoms with van der Waals surface area (Å²) in [6.07, 6.45) is -3.17. The Morgan fingerprint density at radius 2 is 1.93 bits per heavy atom. The lowest BCUT2D eigenvalue weighted by molar-refractivity contribution is -0.137. The Hall–Kier alpha value is -2.39. The molecule has 2 N–H and O–H groups in total. The smallest absolute Gasteiger partial charge is 0.388 e. The molecule has 0 radical (unpaired) electrons. The van der Waals surface area contributed by atoms with Gasteiger partial charge in [-0.2, -0.15) is 27.8 Å². The zero-order valence-electron chi connectivity index (χ0n) is 14.7. The molecule has 0 saturated carbocycles. The molecule has 0 bridgehead atoms. The van der Waals surface area contributed by atoms with Crippen LogP contribution in [0.15, 0.2) is 30.6 Å². The van der Waals surface area contributed by atoms with Gasteiger partial charge in [0.1, 0.15) is 12.1 Å². The molecule has 0 saturated heterocycles. The van der Waals surface area contributed by atoms with Gasteiger partial charge in [0, 0.05) is 16.8 Å². The Morgan fingerprint density at radius 1 is 1.22 bits per heavy atom. The van der Waals surface area contributed by atoms with Gasteiger partial charge in [-0.05, 0) is 38.5 Å². The van der Waals surface area contributed by atoms with E-state index in [9.17, 15) is 18.3 Å². The molecule has 0 aliphatic rings. The second kappa shape index (κ2) is 6.65. The van der Waals surface area contributed by atoms with Crippen molar-refractivity contribution >= 4 is 23.2 Å². The third-order valence-corrected chi connectivity index (χ3v) is 4.34. The average Bonchev–Trinajstić information content (AvgIpc) is 2.99. The Bertz CT molecular complexity index is 981. The first-order valence-electron chi connectivity index (χ1n) is 8.00. The summed E-state index contributed by atoms with van der Waals surface area (Å²) in [6.45, 7) is 4.83. The van der Waals surface area contributed by atoms with Gasteiger partial charge in [0.05, 0.1) is 17.2 Å². The SMILES string of the molecule is Cc1cc(N[C@@H](c2ccc(C(F)(F)F)cc2Cl)C(C)(C)O)n2ncnc2n1. The van der Waals surface area contributed by atoms with Crippen molar-refractivity contribution in [2.24, 2.45) is 0 Å². The van der Waals surface area contributed by atoms with E-state index in [2.05, 4.69) is 20.4 Å². The number of rotatable bonds is 4. The first kappa shape index (κ1) is 19.4. The standard InChI is InChI=1S/C17H17ClF3N5O/c1-9-6-13(26-15(24-9)22-8-23-26)25-14(16(2,3)27)11-5-4-10(7-12(11)18)17(19,20)21/h4-8,14,25,27H,1-3H3/t14-/m0/s1. The Kier molecular flexibility index (Phi) is 4.77. The average molecular weight is 400 g/mol. The highest BCUT2D eigenvalue weighted by atomic mass is 35.5. The first-order valence-corrected chi connectivity index (χ1v) is 8.37. The molecule has 1 aromatic carbocycles. The monoisotopic (exact) mass is 399 g/mol. The molecule has 27 heavy (non-hydrogen) atoms. The summed E-state index contributed by atoms with van der Waals surface area (Å²) in [5.41, 5.74) is -1.23. The van der Waals surface area contributed by atoms with E-state index < -0.39 is 23.4 Å². The second-order valence-electron chi connectivity index (χ2n) is 6.72. The van der Waals surface area contributed by atoms with Gasteiger partial charge >= 0.3 is 6.18 Å². The highest BCUT2D eigenvalue weighted by molar-refractivity contribution is 6.31. The zero-order chi connectivity index (χ0) is 20.0. The summed E-state index contributed by atoms with van der Waals surface area (Å²) in [5.74, 6) is 0.823. The van der Waals surface area contributed by atoms with E-state index in [0.717, 1.165) is 12.1 Å². The van der Waals surface area contributed by atoms with Gasteiger partial charge in [0.15, 0.2) is 0 Å². The van der Waals surface area contributed by atoms with Gasteiger partial charge in [0.2, 0.25) is 0 Å². The maximum atomic E-state index is 12.9. The van der Waals surface area contributed by atoms with E-state index >= 15 is 0 Å². The summed E-state index contributed by atoms with van der Waals surface area (Å²) < 4.78 is 40.2. The van der Waals surface area contributed by atoms with Gasteiger partial charge in [-0.1, -0.05) is 17.7 Å². The predicted octanol–water partition coefficient (Wildman–Crippen LogP) is 4.03. The summed E-state index contributed by atoms with van der Waals surface area (Å²) >= 11 is 6.13. The summed E-state index contributed by atoms with van der Waals surface area (Å²) in [6, 6.07) is 3.91. The number of hydrogen-bond donors (Lipinski definition) is 2. The van der Waals surface area contributed by atoms with Crippen molar-refractivity contribution in [3.05, 3.63) is 52.4 Å². The largest absolute Gasteiger partial charge is 0.416 e. The number of nitrogens with zero attached hydrogens (tertiary/aromatic N) is 4. The molecule has 0 aliphatic heterocycles. The number of nitrogens with one attached hydrogen (secondary N) is 1. The van der Waals surface area contributed by atoms with Crippen molar-refractivity contribution in [1.29, 1.82) is 0 Å². The van der Waals surface area contributed by atoms with E-state index in [1.54, 1.807) is 13.0 Å². The molecule has 0 spiro atoms. The van der Waals surface area contributed by atoms with Crippen LogP contribution in [0, 0.1) is 6.92 Å². The Balaban J connectivity index is 2.07. The van der Waals surface area contributed by atoms with Gasteiger partial charge in [0.25, 0.3) is 5.78 Å². The van der Waals surface area contributed by atoms with Crippen LogP contribution in [0.3, 0.4) is 0 Å².